The van der Waals surface area contributed by atoms with Crippen molar-refractivity contribution < 1.29 is 17.9 Å². The third kappa shape index (κ3) is 3.62. The molecule has 6 nitrogen and oxygen atoms in total. The SMILES string of the molecule is CCOC(=O)c1c(NC(C)(C)C)c2ccccc2n1S(=O)(=O)c1ccccc1. The van der Waals surface area contributed by atoms with Crippen molar-refractivity contribution in [1.82, 2.24) is 3.97 Å². The zero-order valence-corrected chi connectivity index (χ0v) is 17.2. The summed E-state index contributed by atoms with van der Waals surface area (Å²) in [7, 11) is -4.02. The highest BCUT2D eigenvalue weighted by atomic mass is 32.2. The van der Waals surface area contributed by atoms with Crippen LogP contribution in [0.4, 0.5) is 5.69 Å². The highest BCUT2D eigenvalue weighted by Gasteiger charge is 2.32. The molecule has 0 amide bonds. The molecule has 0 spiro atoms. The minimum absolute atomic E-state index is 0.0261. The van der Waals surface area contributed by atoms with Crippen molar-refractivity contribution in [2.45, 2.75) is 38.1 Å². The van der Waals surface area contributed by atoms with Crippen LogP contribution in [-0.2, 0) is 14.8 Å². The van der Waals surface area contributed by atoms with Gasteiger partial charge in [-0.25, -0.2) is 17.2 Å². The second-order valence-electron chi connectivity index (χ2n) is 7.42. The Morgan fingerprint density at radius 1 is 1.04 bits per heavy atom. The molecule has 0 aliphatic heterocycles. The van der Waals surface area contributed by atoms with Crippen molar-refractivity contribution in [3.05, 3.63) is 60.3 Å². The van der Waals surface area contributed by atoms with E-state index in [2.05, 4.69) is 5.32 Å². The molecule has 0 bridgehead atoms. The number of carbonyl (C=O) groups excluding carboxylic acids is 1. The first-order valence-electron chi connectivity index (χ1n) is 9.06. The third-order valence-corrected chi connectivity index (χ3v) is 5.81. The summed E-state index contributed by atoms with van der Waals surface area (Å²) in [6, 6.07) is 15.1. The van der Waals surface area contributed by atoms with E-state index < -0.39 is 21.5 Å². The summed E-state index contributed by atoms with van der Waals surface area (Å²) >= 11 is 0. The fraction of sp³-hybridized carbons (Fsp3) is 0.286. The summed E-state index contributed by atoms with van der Waals surface area (Å²) in [6.45, 7) is 7.66. The van der Waals surface area contributed by atoms with Crippen molar-refractivity contribution in [1.29, 1.82) is 0 Å². The Balaban J connectivity index is 2.42. The summed E-state index contributed by atoms with van der Waals surface area (Å²) in [5, 5.41) is 3.93. The molecule has 0 radical (unpaired) electrons. The molecule has 148 valence electrons. The highest BCUT2D eigenvalue weighted by molar-refractivity contribution is 7.90. The highest BCUT2D eigenvalue weighted by Crippen LogP contribution is 2.36. The van der Waals surface area contributed by atoms with E-state index in [4.69, 9.17) is 4.74 Å². The Bertz CT molecular complexity index is 1110. The zero-order valence-electron chi connectivity index (χ0n) is 16.4. The first-order chi connectivity index (χ1) is 13.2. The Kier molecular flexibility index (Phi) is 5.21. The minimum Gasteiger partial charge on any atom is -0.461 e. The van der Waals surface area contributed by atoms with Crippen LogP contribution in [0.3, 0.4) is 0 Å². The molecule has 1 aromatic heterocycles. The number of ether oxygens (including phenoxy) is 1. The predicted molar refractivity (Wildman–Crippen MR) is 110 cm³/mol. The quantitative estimate of drug-likeness (QED) is 0.647. The topological polar surface area (TPSA) is 77.4 Å². The molecule has 0 saturated carbocycles. The average Bonchev–Trinajstić information content (AvgIpc) is 2.96. The number of anilines is 1. The van der Waals surface area contributed by atoms with Crippen LogP contribution in [0.15, 0.2) is 59.5 Å². The number of hydrogen-bond donors (Lipinski definition) is 1. The van der Waals surface area contributed by atoms with Gasteiger partial charge in [-0.3, -0.25) is 0 Å². The number of benzene rings is 2. The maximum absolute atomic E-state index is 13.5. The molecule has 28 heavy (non-hydrogen) atoms. The van der Waals surface area contributed by atoms with E-state index in [1.54, 1.807) is 43.3 Å². The largest absolute Gasteiger partial charge is 0.461 e. The van der Waals surface area contributed by atoms with Crippen molar-refractivity contribution in [2.24, 2.45) is 0 Å². The number of fused-ring (bicyclic) bond motifs is 1. The number of carbonyl (C=O) groups is 1. The van der Waals surface area contributed by atoms with Crippen LogP contribution in [0.25, 0.3) is 10.9 Å². The summed E-state index contributed by atoms with van der Waals surface area (Å²) in [5.41, 5.74) is 0.441. The summed E-state index contributed by atoms with van der Waals surface area (Å²) in [4.78, 5) is 13.0. The van der Waals surface area contributed by atoms with Gasteiger partial charge >= 0.3 is 5.97 Å². The van der Waals surface area contributed by atoms with Gasteiger partial charge in [0.15, 0.2) is 5.69 Å². The van der Waals surface area contributed by atoms with Gasteiger partial charge in [0.05, 0.1) is 22.7 Å². The van der Waals surface area contributed by atoms with Gasteiger partial charge in [-0.05, 0) is 45.9 Å². The third-order valence-electron chi connectivity index (χ3n) is 4.08. The molecule has 0 aliphatic rings. The summed E-state index contributed by atoms with van der Waals surface area (Å²) in [5.74, 6) is -0.690. The number of aromatic nitrogens is 1. The van der Waals surface area contributed by atoms with Crippen molar-refractivity contribution in [3.8, 4) is 0 Å². The minimum atomic E-state index is -4.02. The molecule has 0 saturated heterocycles. The molecule has 2 aromatic carbocycles. The van der Waals surface area contributed by atoms with E-state index in [9.17, 15) is 13.2 Å². The monoisotopic (exact) mass is 400 g/mol. The maximum Gasteiger partial charge on any atom is 0.358 e. The maximum atomic E-state index is 13.5. The van der Waals surface area contributed by atoms with E-state index in [0.717, 1.165) is 3.97 Å². The van der Waals surface area contributed by atoms with E-state index in [-0.39, 0.29) is 17.2 Å². The lowest BCUT2D eigenvalue weighted by Crippen LogP contribution is -2.28. The van der Waals surface area contributed by atoms with Gasteiger partial charge in [0.2, 0.25) is 0 Å². The van der Waals surface area contributed by atoms with E-state index in [0.29, 0.717) is 16.6 Å². The van der Waals surface area contributed by atoms with Crippen LogP contribution in [-0.4, -0.2) is 30.5 Å². The Labute approximate surface area is 165 Å². The Morgan fingerprint density at radius 2 is 1.64 bits per heavy atom. The van der Waals surface area contributed by atoms with Gasteiger partial charge < -0.3 is 10.1 Å². The van der Waals surface area contributed by atoms with Crippen molar-refractivity contribution in [2.75, 3.05) is 11.9 Å². The average molecular weight is 401 g/mol. The fourth-order valence-electron chi connectivity index (χ4n) is 3.05. The van der Waals surface area contributed by atoms with Gasteiger partial charge in [-0.2, -0.15) is 0 Å². The Hall–Kier alpha value is -2.80. The van der Waals surface area contributed by atoms with Gasteiger partial charge in [-0.1, -0.05) is 36.4 Å². The van der Waals surface area contributed by atoms with Crippen LogP contribution in [0, 0.1) is 0 Å². The molecule has 1 N–H and O–H groups in total. The number of nitrogens with one attached hydrogen (secondary N) is 1. The smallest absolute Gasteiger partial charge is 0.358 e. The summed E-state index contributed by atoms with van der Waals surface area (Å²) < 4.78 is 33.3. The van der Waals surface area contributed by atoms with Crippen LogP contribution in [0.1, 0.15) is 38.2 Å². The van der Waals surface area contributed by atoms with Gasteiger partial charge in [0.1, 0.15) is 0 Å². The van der Waals surface area contributed by atoms with Gasteiger partial charge in [0.25, 0.3) is 10.0 Å². The zero-order chi connectivity index (χ0) is 20.5. The molecule has 0 aliphatic carbocycles. The van der Waals surface area contributed by atoms with E-state index in [1.165, 1.54) is 12.1 Å². The molecule has 7 heteroatoms. The summed E-state index contributed by atoms with van der Waals surface area (Å²) in [6.07, 6.45) is 0. The number of para-hydroxylation sites is 1. The molecule has 0 atom stereocenters. The van der Waals surface area contributed by atoms with Crippen molar-refractivity contribution in [3.63, 3.8) is 0 Å². The van der Waals surface area contributed by atoms with Crippen LogP contribution < -0.4 is 5.32 Å². The van der Waals surface area contributed by atoms with Crippen molar-refractivity contribution >= 4 is 32.6 Å². The lowest BCUT2D eigenvalue weighted by molar-refractivity contribution is 0.0519. The molecule has 1 heterocycles. The first-order valence-corrected chi connectivity index (χ1v) is 10.5. The first kappa shape index (κ1) is 19.9. The molecule has 3 aromatic rings. The lowest BCUT2D eigenvalue weighted by Gasteiger charge is -2.23. The van der Waals surface area contributed by atoms with Gasteiger partial charge in [0, 0.05) is 10.9 Å². The predicted octanol–water partition coefficient (Wildman–Crippen LogP) is 4.27. The number of esters is 1. The number of hydrogen-bond acceptors (Lipinski definition) is 5. The molecule has 3 rings (SSSR count). The Morgan fingerprint density at radius 3 is 2.25 bits per heavy atom. The fourth-order valence-corrected chi connectivity index (χ4v) is 4.58. The van der Waals surface area contributed by atoms with Crippen LogP contribution >= 0.6 is 0 Å². The van der Waals surface area contributed by atoms with Crippen LogP contribution in [0.5, 0.6) is 0 Å². The lowest BCUT2D eigenvalue weighted by atomic mass is 10.1. The normalized spacial score (nSPS) is 12.1. The molecular weight excluding hydrogens is 376 g/mol. The number of rotatable bonds is 5. The second kappa shape index (κ2) is 7.31. The molecule has 0 unspecified atom stereocenters. The molecular formula is C21H24N2O4S. The second-order valence-corrected chi connectivity index (χ2v) is 9.21. The van der Waals surface area contributed by atoms with E-state index in [1.807, 2.05) is 26.8 Å². The standard InChI is InChI=1S/C21H24N2O4S/c1-5-27-20(24)19-18(22-21(2,3)4)16-13-9-10-14-17(16)23(19)28(25,26)15-11-7-6-8-12-15/h6-14,22H,5H2,1-4H3. The molecule has 0 fully saturated rings. The van der Waals surface area contributed by atoms with Gasteiger partial charge in [-0.15, -0.1) is 0 Å². The van der Waals surface area contributed by atoms with E-state index >= 15 is 0 Å². The number of nitrogens with zero attached hydrogens (tertiary/aromatic N) is 1. The van der Waals surface area contributed by atoms with Crippen LogP contribution in [0.2, 0.25) is 0 Å².